The van der Waals surface area contributed by atoms with E-state index in [1.807, 2.05) is 6.07 Å². The first kappa shape index (κ1) is 31.2. The molecule has 12 rings (SSSR count). The van der Waals surface area contributed by atoms with Crippen molar-refractivity contribution >= 4 is 94.8 Å². The Balaban J connectivity index is 1.25. The molecule has 264 valence electrons. The fourth-order valence-electron chi connectivity index (χ4n) is 9.70. The minimum atomic E-state index is -0.0692. The molecular formula is C50H39BN2O2. The summed E-state index contributed by atoms with van der Waals surface area (Å²) in [6.07, 6.45) is 0. The third-order valence-electron chi connectivity index (χ3n) is 12.5. The van der Waals surface area contributed by atoms with Gasteiger partial charge in [-0.3, -0.25) is 0 Å². The number of para-hydroxylation sites is 2. The smallest absolute Gasteiger partial charge is 0.333 e. The molecule has 0 fully saturated rings. The summed E-state index contributed by atoms with van der Waals surface area (Å²) < 4.78 is 15.6. The van der Waals surface area contributed by atoms with Crippen LogP contribution in [0.3, 0.4) is 0 Å². The Hall–Kier alpha value is -6.20. The molecule has 10 aromatic rings. The van der Waals surface area contributed by atoms with Crippen LogP contribution in [0.5, 0.6) is 0 Å². The van der Waals surface area contributed by atoms with Crippen molar-refractivity contribution < 1.29 is 8.83 Å². The third-order valence-corrected chi connectivity index (χ3v) is 12.5. The lowest BCUT2D eigenvalue weighted by molar-refractivity contribution is 0.590. The topological polar surface area (TPSA) is 34.5 Å². The van der Waals surface area contributed by atoms with Crippen LogP contribution in [0.1, 0.15) is 52.7 Å². The Kier molecular flexibility index (Phi) is 5.84. The van der Waals surface area contributed by atoms with Gasteiger partial charge in [0.1, 0.15) is 22.3 Å². The van der Waals surface area contributed by atoms with Gasteiger partial charge in [0.05, 0.1) is 11.0 Å². The van der Waals surface area contributed by atoms with Gasteiger partial charge in [-0.15, -0.1) is 0 Å². The summed E-state index contributed by atoms with van der Waals surface area (Å²) in [5, 5.41) is 7.07. The van der Waals surface area contributed by atoms with Gasteiger partial charge in [-0.05, 0) is 87.0 Å². The molecule has 0 aliphatic carbocycles. The number of benzene rings is 7. The van der Waals surface area contributed by atoms with E-state index in [4.69, 9.17) is 8.83 Å². The number of furan rings is 2. The van der Waals surface area contributed by atoms with Crippen LogP contribution >= 0.6 is 0 Å². The van der Waals surface area contributed by atoms with Crippen LogP contribution in [0, 0.1) is 0 Å². The van der Waals surface area contributed by atoms with Gasteiger partial charge >= 0.3 is 6.85 Å². The predicted molar refractivity (Wildman–Crippen MR) is 232 cm³/mol. The van der Waals surface area contributed by atoms with Crippen molar-refractivity contribution in [3.05, 3.63) is 139 Å². The zero-order chi connectivity index (χ0) is 37.1. The Labute approximate surface area is 319 Å². The van der Waals surface area contributed by atoms with E-state index < -0.39 is 0 Å². The van der Waals surface area contributed by atoms with Gasteiger partial charge in [-0.1, -0.05) is 114 Å². The molecule has 0 saturated heterocycles. The highest BCUT2D eigenvalue weighted by molar-refractivity contribution is 6.93. The summed E-state index contributed by atoms with van der Waals surface area (Å²) in [5.74, 6) is 0. The quantitative estimate of drug-likeness (QED) is 0.159. The van der Waals surface area contributed by atoms with Gasteiger partial charge in [0.2, 0.25) is 0 Å². The van der Waals surface area contributed by atoms with Crippen LogP contribution in [-0.4, -0.2) is 11.4 Å². The Morgan fingerprint density at radius 3 is 1.80 bits per heavy atom. The monoisotopic (exact) mass is 710 g/mol. The second-order valence-corrected chi connectivity index (χ2v) is 17.8. The lowest BCUT2D eigenvalue weighted by Gasteiger charge is -2.42. The minimum absolute atomic E-state index is 0.0308. The molecule has 0 unspecified atom stereocenters. The molecule has 5 heterocycles. The van der Waals surface area contributed by atoms with Crippen molar-refractivity contribution in [1.29, 1.82) is 0 Å². The number of nitrogens with zero attached hydrogens (tertiary/aromatic N) is 2. The van der Waals surface area contributed by atoms with Gasteiger partial charge in [-0.2, -0.15) is 0 Å². The number of aromatic nitrogens is 1. The lowest BCUT2D eigenvalue weighted by Crippen LogP contribution is -2.60. The lowest BCUT2D eigenvalue weighted by atomic mass is 9.43. The predicted octanol–water partition coefficient (Wildman–Crippen LogP) is 12.4. The van der Waals surface area contributed by atoms with Crippen molar-refractivity contribution in [2.24, 2.45) is 0 Å². The van der Waals surface area contributed by atoms with E-state index >= 15 is 0 Å². The molecular weight excluding hydrogens is 671 g/mol. The van der Waals surface area contributed by atoms with Crippen LogP contribution in [0.25, 0.3) is 82.5 Å². The molecule has 0 atom stereocenters. The highest BCUT2D eigenvalue weighted by Crippen LogP contribution is 2.48. The van der Waals surface area contributed by atoms with E-state index in [-0.39, 0.29) is 17.7 Å². The Bertz CT molecular complexity index is 3290. The highest BCUT2D eigenvalue weighted by Gasteiger charge is 2.44. The first-order valence-corrected chi connectivity index (χ1v) is 19.5. The molecule has 0 radical (unpaired) electrons. The van der Waals surface area contributed by atoms with Crippen LogP contribution in [-0.2, 0) is 10.8 Å². The number of anilines is 2. The van der Waals surface area contributed by atoms with Gasteiger partial charge in [0.25, 0.3) is 0 Å². The van der Waals surface area contributed by atoms with Crippen molar-refractivity contribution in [2.75, 3.05) is 4.81 Å². The van der Waals surface area contributed by atoms with Crippen molar-refractivity contribution in [2.45, 2.75) is 52.4 Å². The fourth-order valence-corrected chi connectivity index (χ4v) is 9.70. The molecule has 4 nitrogen and oxygen atoms in total. The largest absolute Gasteiger partial charge is 0.456 e. The van der Waals surface area contributed by atoms with Crippen LogP contribution in [0.15, 0.2) is 136 Å². The summed E-state index contributed by atoms with van der Waals surface area (Å²) in [7, 11) is 0. The average molecular weight is 711 g/mol. The SMILES string of the molecule is CC(C)(C)c1ccc(N2B3c4cc(C(C)(C)C)ccc4-n4c5cc6oc7ccccc7c6cc5c5ccc(c3c54)-c3cc4oc5ccccc5c4cc32)cc1. The normalized spacial score (nSPS) is 13.9. The molecule has 55 heavy (non-hydrogen) atoms. The number of hydrogen-bond acceptors (Lipinski definition) is 3. The number of hydrogen-bond donors (Lipinski definition) is 0. The van der Waals surface area contributed by atoms with Gasteiger partial charge < -0.3 is 18.2 Å². The van der Waals surface area contributed by atoms with Crippen LogP contribution < -0.4 is 15.7 Å². The zero-order valence-electron chi connectivity index (χ0n) is 31.9. The van der Waals surface area contributed by atoms with Crippen LogP contribution in [0.4, 0.5) is 11.4 Å². The third kappa shape index (κ3) is 4.13. The summed E-state index contributed by atoms with van der Waals surface area (Å²) >= 11 is 0. The maximum atomic E-state index is 6.57. The van der Waals surface area contributed by atoms with E-state index in [2.05, 4.69) is 172 Å². The van der Waals surface area contributed by atoms with Crippen molar-refractivity contribution in [3.8, 4) is 16.8 Å². The average Bonchev–Trinajstić information content (AvgIpc) is 3.83. The van der Waals surface area contributed by atoms with Gasteiger partial charge in [-0.25, -0.2) is 0 Å². The first-order chi connectivity index (χ1) is 26.5. The summed E-state index contributed by atoms with van der Waals surface area (Å²) in [6, 6.07) is 47.4. The second-order valence-electron chi connectivity index (χ2n) is 17.8. The Morgan fingerprint density at radius 2 is 1.11 bits per heavy atom. The molecule has 2 aliphatic rings. The van der Waals surface area contributed by atoms with E-state index in [0.717, 1.165) is 49.4 Å². The fraction of sp³-hybridized carbons (Fsp3) is 0.160. The maximum absolute atomic E-state index is 6.57. The van der Waals surface area contributed by atoms with E-state index in [0.29, 0.717) is 0 Å². The van der Waals surface area contributed by atoms with Gasteiger partial charge in [0, 0.05) is 61.0 Å². The van der Waals surface area contributed by atoms with E-state index in [9.17, 15) is 0 Å². The molecule has 0 saturated carbocycles. The number of fused-ring (bicyclic) bond motifs is 14. The Morgan fingerprint density at radius 1 is 0.473 bits per heavy atom. The van der Waals surface area contributed by atoms with Crippen molar-refractivity contribution in [1.82, 2.24) is 4.57 Å². The molecule has 0 amide bonds. The van der Waals surface area contributed by atoms with Gasteiger partial charge in [0.15, 0.2) is 0 Å². The summed E-state index contributed by atoms with van der Waals surface area (Å²) in [4.78, 5) is 2.62. The highest BCUT2D eigenvalue weighted by atomic mass is 16.3. The maximum Gasteiger partial charge on any atom is 0.333 e. The molecule has 7 aromatic carbocycles. The number of rotatable bonds is 1. The second kappa shape index (κ2) is 10.3. The summed E-state index contributed by atoms with van der Waals surface area (Å²) in [5.41, 5.74) is 17.4. The van der Waals surface area contributed by atoms with E-state index in [1.165, 1.54) is 66.5 Å². The molecule has 2 aliphatic heterocycles. The molecule has 0 bridgehead atoms. The summed E-state index contributed by atoms with van der Waals surface area (Å²) in [6.45, 7) is 13.7. The first-order valence-electron chi connectivity index (χ1n) is 19.5. The standard InChI is InChI=1S/C50H39BN2O2/c1-49(2,3)28-15-18-30(19-16-28)53-42-25-38-32-12-8-10-14-44(32)54-45(38)26-36(42)33-20-21-34-35-24-37-31-11-7-9-13-43(31)55-46(37)27-41(35)52-40-22-17-29(50(4,5)6)23-39(40)51(53)47(33)48(34)52/h7-27H,1-6H3. The molecule has 0 N–H and O–H groups in total. The zero-order valence-corrected chi connectivity index (χ0v) is 31.9. The molecule has 0 spiro atoms. The molecule has 5 heteroatoms. The van der Waals surface area contributed by atoms with Crippen LogP contribution in [0.2, 0.25) is 0 Å². The molecule has 3 aromatic heterocycles. The van der Waals surface area contributed by atoms with Crippen molar-refractivity contribution in [3.63, 3.8) is 0 Å². The minimum Gasteiger partial charge on any atom is -0.456 e. The van der Waals surface area contributed by atoms with E-state index in [1.54, 1.807) is 0 Å².